The third kappa shape index (κ3) is 2.69. The molecule has 104 valence electrons. The third-order valence-corrected chi connectivity index (χ3v) is 4.98. The van der Waals surface area contributed by atoms with Crippen LogP contribution in [0.25, 0.3) is 0 Å². The average Bonchev–Trinajstić information content (AvgIpc) is 2.95. The summed E-state index contributed by atoms with van der Waals surface area (Å²) < 4.78 is 0. The van der Waals surface area contributed by atoms with E-state index in [0.717, 1.165) is 25.8 Å². The van der Waals surface area contributed by atoms with Gasteiger partial charge in [-0.25, -0.2) is 0 Å². The fourth-order valence-corrected chi connectivity index (χ4v) is 3.51. The molecule has 0 aromatic heterocycles. The number of nitrogens with two attached hydrogens (primary N) is 1. The molecule has 0 spiro atoms. The predicted molar refractivity (Wildman–Crippen MR) is 73.2 cm³/mol. The third-order valence-electron chi connectivity index (χ3n) is 4.98. The van der Waals surface area contributed by atoms with Crippen molar-refractivity contribution in [2.24, 2.45) is 11.7 Å². The summed E-state index contributed by atoms with van der Waals surface area (Å²) in [6, 6.07) is 0.0730. The topological polar surface area (TPSA) is 58.4 Å². The van der Waals surface area contributed by atoms with Gasteiger partial charge < -0.3 is 16.0 Å². The molecule has 0 aliphatic heterocycles. The van der Waals surface area contributed by atoms with Crippen LogP contribution in [0.1, 0.15) is 44.9 Å². The standard InChI is InChI=1S/C14H27N3O/c1-17(2)14(8-3-4-9-14)10-16-13(18)11-6-5-7-12(11)15/h11-12H,3-10,15H2,1-2H3,(H,16,18). The number of amides is 1. The second-order valence-corrected chi connectivity index (χ2v) is 6.24. The van der Waals surface area contributed by atoms with Crippen LogP contribution in [-0.2, 0) is 4.79 Å². The number of hydrogen-bond donors (Lipinski definition) is 2. The summed E-state index contributed by atoms with van der Waals surface area (Å²) in [4.78, 5) is 14.5. The maximum absolute atomic E-state index is 12.2. The Bertz CT molecular complexity index is 297. The second-order valence-electron chi connectivity index (χ2n) is 6.24. The molecule has 18 heavy (non-hydrogen) atoms. The quantitative estimate of drug-likeness (QED) is 0.789. The van der Waals surface area contributed by atoms with Gasteiger partial charge in [0.2, 0.25) is 5.91 Å². The predicted octanol–water partition coefficient (Wildman–Crippen LogP) is 1.10. The molecular weight excluding hydrogens is 226 g/mol. The van der Waals surface area contributed by atoms with Crippen LogP contribution in [0.3, 0.4) is 0 Å². The van der Waals surface area contributed by atoms with Crippen molar-refractivity contribution in [1.82, 2.24) is 10.2 Å². The highest BCUT2D eigenvalue weighted by molar-refractivity contribution is 5.79. The molecule has 2 aliphatic carbocycles. The molecule has 0 radical (unpaired) electrons. The van der Waals surface area contributed by atoms with E-state index in [2.05, 4.69) is 24.3 Å². The van der Waals surface area contributed by atoms with Crippen LogP contribution in [0, 0.1) is 5.92 Å². The Morgan fingerprint density at radius 1 is 1.28 bits per heavy atom. The molecule has 0 saturated heterocycles. The fourth-order valence-electron chi connectivity index (χ4n) is 3.51. The minimum absolute atomic E-state index is 0.0469. The monoisotopic (exact) mass is 253 g/mol. The van der Waals surface area contributed by atoms with Gasteiger partial charge in [0.1, 0.15) is 0 Å². The van der Waals surface area contributed by atoms with Crippen molar-refractivity contribution >= 4 is 5.91 Å². The molecule has 0 aromatic carbocycles. The highest BCUT2D eigenvalue weighted by Gasteiger charge is 2.37. The molecule has 0 heterocycles. The number of likely N-dealkylation sites (N-methyl/N-ethyl adjacent to an activating group) is 1. The first-order chi connectivity index (χ1) is 8.55. The minimum atomic E-state index is 0.0469. The second kappa shape index (κ2) is 5.57. The molecule has 4 heteroatoms. The maximum Gasteiger partial charge on any atom is 0.224 e. The zero-order valence-electron chi connectivity index (χ0n) is 11.7. The summed E-state index contributed by atoms with van der Waals surface area (Å²) in [5.41, 5.74) is 6.16. The molecule has 2 aliphatic rings. The molecule has 0 bridgehead atoms. The van der Waals surface area contributed by atoms with E-state index >= 15 is 0 Å². The zero-order valence-corrected chi connectivity index (χ0v) is 11.7. The van der Waals surface area contributed by atoms with Gasteiger partial charge in [0, 0.05) is 18.1 Å². The lowest BCUT2D eigenvalue weighted by Gasteiger charge is -2.37. The van der Waals surface area contributed by atoms with Gasteiger partial charge in [0.15, 0.2) is 0 Å². The van der Waals surface area contributed by atoms with Gasteiger partial charge in [-0.2, -0.15) is 0 Å². The van der Waals surface area contributed by atoms with Crippen LogP contribution in [0.2, 0.25) is 0 Å². The Morgan fingerprint density at radius 2 is 1.94 bits per heavy atom. The van der Waals surface area contributed by atoms with Crippen molar-refractivity contribution in [2.45, 2.75) is 56.5 Å². The molecule has 2 saturated carbocycles. The lowest BCUT2D eigenvalue weighted by Crippen LogP contribution is -2.52. The number of hydrogen-bond acceptors (Lipinski definition) is 3. The summed E-state index contributed by atoms with van der Waals surface area (Å²) in [7, 11) is 4.25. The molecule has 4 nitrogen and oxygen atoms in total. The summed E-state index contributed by atoms with van der Waals surface area (Å²) in [5, 5.41) is 3.16. The average molecular weight is 253 g/mol. The number of nitrogens with zero attached hydrogens (tertiary/aromatic N) is 1. The Hall–Kier alpha value is -0.610. The smallest absolute Gasteiger partial charge is 0.224 e. The van der Waals surface area contributed by atoms with Crippen molar-refractivity contribution in [3.63, 3.8) is 0 Å². The van der Waals surface area contributed by atoms with Gasteiger partial charge in [0.25, 0.3) is 0 Å². The van der Waals surface area contributed by atoms with E-state index in [4.69, 9.17) is 5.73 Å². The van der Waals surface area contributed by atoms with Gasteiger partial charge in [-0.15, -0.1) is 0 Å². The molecule has 1 amide bonds. The number of rotatable bonds is 4. The largest absolute Gasteiger partial charge is 0.354 e. The van der Waals surface area contributed by atoms with Gasteiger partial charge in [-0.1, -0.05) is 19.3 Å². The normalized spacial score (nSPS) is 30.9. The summed E-state index contributed by atoms with van der Waals surface area (Å²) in [5.74, 6) is 0.221. The van der Waals surface area contributed by atoms with Gasteiger partial charge in [-0.3, -0.25) is 4.79 Å². The lowest BCUT2D eigenvalue weighted by atomic mass is 9.95. The van der Waals surface area contributed by atoms with Crippen LogP contribution in [0.15, 0.2) is 0 Å². The van der Waals surface area contributed by atoms with Crippen molar-refractivity contribution in [3.05, 3.63) is 0 Å². The minimum Gasteiger partial charge on any atom is -0.354 e. The highest BCUT2D eigenvalue weighted by Crippen LogP contribution is 2.33. The molecule has 3 N–H and O–H groups in total. The maximum atomic E-state index is 12.2. The fraction of sp³-hybridized carbons (Fsp3) is 0.929. The number of carbonyl (C=O) groups excluding carboxylic acids is 1. The van der Waals surface area contributed by atoms with Crippen LogP contribution in [0.5, 0.6) is 0 Å². The first kappa shape index (κ1) is 13.8. The van der Waals surface area contributed by atoms with Crippen LogP contribution < -0.4 is 11.1 Å². The van der Waals surface area contributed by atoms with Crippen LogP contribution in [0.4, 0.5) is 0 Å². The van der Waals surface area contributed by atoms with Gasteiger partial charge in [-0.05, 0) is 39.8 Å². The first-order valence-electron chi connectivity index (χ1n) is 7.26. The highest BCUT2D eigenvalue weighted by atomic mass is 16.1. The lowest BCUT2D eigenvalue weighted by molar-refractivity contribution is -0.125. The van der Waals surface area contributed by atoms with Crippen LogP contribution in [-0.4, -0.2) is 43.0 Å². The number of carbonyl (C=O) groups is 1. The molecule has 2 atom stereocenters. The summed E-state index contributed by atoms with van der Waals surface area (Å²) in [6.45, 7) is 0.780. The molecule has 2 unspecified atom stereocenters. The number of nitrogens with one attached hydrogen (secondary N) is 1. The molecule has 2 rings (SSSR count). The first-order valence-corrected chi connectivity index (χ1v) is 7.26. The zero-order chi connectivity index (χ0) is 13.2. The van der Waals surface area contributed by atoms with E-state index in [0.29, 0.717) is 0 Å². The Labute approximate surface area is 110 Å². The van der Waals surface area contributed by atoms with E-state index in [9.17, 15) is 4.79 Å². The van der Waals surface area contributed by atoms with E-state index < -0.39 is 0 Å². The molecular formula is C14H27N3O. The Balaban J connectivity index is 1.88. The SMILES string of the molecule is CN(C)C1(CNC(=O)C2CCCC2N)CCCC1. The van der Waals surface area contributed by atoms with Crippen molar-refractivity contribution in [3.8, 4) is 0 Å². The van der Waals surface area contributed by atoms with Crippen LogP contribution >= 0.6 is 0 Å². The summed E-state index contributed by atoms with van der Waals surface area (Å²) >= 11 is 0. The van der Waals surface area contributed by atoms with E-state index in [1.807, 2.05) is 0 Å². The Kier molecular flexibility index (Phi) is 4.28. The van der Waals surface area contributed by atoms with Crippen molar-refractivity contribution in [1.29, 1.82) is 0 Å². The molecule has 0 aromatic rings. The van der Waals surface area contributed by atoms with Crippen molar-refractivity contribution in [2.75, 3.05) is 20.6 Å². The van der Waals surface area contributed by atoms with Gasteiger partial charge >= 0.3 is 0 Å². The van der Waals surface area contributed by atoms with Gasteiger partial charge in [0.05, 0.1) is 5.92 Å². The van der Waals surface area contributed by atoms with E-state index in [1.165, 1.54) is 25.7 Å². The molecule has 2 fully saturated rings. The van der Waals surface area contributed by atoms with Crippen molar-refractivity contribution < 1.29 is 4.79 Å². The van der Waals surface area contributed by atoms with E-state index in [1.54, 1.807) is 0 Å². The Morgan fingerprint density at radius 3 is 2.44 bits per heavy atom. The van der Waals surface area contributed by atoms with E-state index in [-0.39, 0.29) is 23.4 Å². The summed E-state index contributed by atoms with van der Waals surface area (Å²) in [6.07, 6.45) is 7.99.